The molecule has 0 aliphatic rings. The van der Waals surface area contributed by atoms with Gasteiger partial charge in [-0.2, -0.15) is 0 Å². The Labute approximate surface area is 178 Å². The van der Waals surface area contributed by atoms with E-state index in [1.165, 1.54) is 0 Å². The number of amides is 1. The van der Waals surface area contributed by atoms with Gasteiger partial charge >= 0.3 is 0 Å². The van der Waals surface area contributed by atoms with E-state index < -0.39 is 0 Å². The van der Waals surface area contributed by atoms with Gasteiger partial charge in [0.1, 0.15) is 11.9 Å². The first-order chi connectivity index (χ1) is 13.8. The molecule has 0 aliphatic carbocycles. The Morgan fingerprint density at radius 2 is 1.90 bits per heavy atom. The van der Waals surface area contributed by atoms with Crippen LogP contribution in [0.3, 0.4) is 0 Å². The largest absolute Gasteiger partial charge is 0.486 e. The number of carbonyl (C=O) groups excluding carboxylic acids is 1. The number of hydrogen-bond donors (Lipinski definition) is 2. The van der Waals surface area contributed by atoms with Crippen LogP contribution in [0.1, 0.15) is 45.8 Å². The molecule has 1 aromatic heterocycles. The fraction of sp³-hybridized carbons (Fsp3) is 0.217. The number of aryl methyl sites for hydroxylation is 2. The molecule has 2 N–H and O–H groups in total. The second kappa shape index (κ2) is 9.09. The summed E-state index contributed by atoms with van der Waals surface area (Å²) in [4.78, 5) is 27.8. The molecule has 6 heteroatoms. The molecular weight excluding hydrogens is 432 g/mol. The number of halogens is 1. The maximum atomic E-state index is 12.9. The summed E-state index contributed by atoms with van der Waals surface area (Å²) in [6.45, 7) is 5.77. The Kier molecular flexibility index (Phi) is 6.54. The molecule has 1 amide bonds. The first kappa shape index (κ1) is 20.9. The highest BCUT2D eigenvalue weighted by atomic mass is 79.9. The van der Waals surface area contributed by atoms with Gasteiger partial charge in [0.25, 0.3) is 11.5 Å². The average Bonchev–Trinajstić information content (AvgIpc) is 2.67. The number of carbonyl (C=O) groups is 1. The number of ether oxygens (including phenoxy) is 1. The number of aromatic amines is 1. The number of benzene rings is 2. The van der Waals surface area contributed by atoms with E-state index in [9.17, 15) is 9.59 Å². The lowest BCUT2D eigenvalue weighted by Crippen LogP contribution is -2.29. The van der Waals surface area contributed by atoms with Crippen LogP contribution >= 0.6 is 15.9 Å². The molecule has 1 heterocycles. The Bertz CT molecular complexity index is 1090. The molecule has 1 unspecified atom stereocenters. The summed E-state index contributed by atoms with van der Waals surface area (Å²) in [6, 6.07) is 16.8. The third-order valence-electron chi connectivity index (χ3n) is 4.67. The molecule has 2 aromatic carbocycles. The first-order valence-electron chi connectivity index (χ1n) is 9.34. The van der Waals surface area contributed by atoms with Crippen LogP contribution < -0.4 is 15.6 Å². The van der Waals surface area contributed by atoms with Crippen molar-refractivity contribution in [2.45, 2.75) is 33.4 Å². The number of nitrogens with one attached hydrogen (secondary N) is 2. The lowest BCUT2D eigenvalue weighted by molar-refractivity contribution is 0.0946. The number of H-pyrrole nitrogens is 1. The minimum atomic E-state index is -0.323. The molecule has 0 spiro atoms. The Morgan fingerprint density at radius 1 is 1.14 bits per heavy atom. The van der Waals surface area contributed by atoms with Crippen LogP contribution in [0.5, 0.6) is 5.75 Å². The number of rotatable bonds is 6. The topological polar surface area (TPSA) is 71.2 Å². The SMILES string of the molecule is Cc1cc(C)c(CNC(=O)c2ccccc2C(C)Oc2cccc(Br)c2)c(=O)[nH]1. The van der Waals surface area contributed by atoms with Gasteiger partial charge < -0.3 is 15.0 Å². The smallest absolute Gasteiger partial charge is 0.253 e. The van der Waals surface area contributed by atoms with Gasteiger partial charge in [0.05, 0.1) is 0 Å². The summed E-state index contributed by atoms with van der Waals surface area (Å²) < 4.78 is 6.94. The number of hydrogen-bond acceptors (Lipinski definition) is 3. The molecule has 0 saturated heterocycles. The molecule has 1 atom stereocenters. The second-order valence-corrected chi connectivity index (χ2v) is 7.85. The van der Waals surface area contributed by atoms with Crippen molar-refractivity contribution in [3.05, 3.63) is 97.4 Å². The Hall–Kier alpha value is -2.86. The van der Waals surface area contributed by atoms with Crippen LogP contribution in [0.4, 0.5) is 0 Å². The van der Waals surface area contributed by atoms with E-state index >= 15 is 0 Å². The minimum absolute atomic E-state index is 0.162. The van der Waals surface area contributed by atoms with Crippen molar-refractivity contribution in [1.29, 1.82) is 0 Å². The highest BCUT2D eigenvalue weighted by Gasteiger charge is 2.18. The number of aromatic nitrogens is 1. The lowest BCUT2D eigenvalue weighted by atomic mass is 10.0. The van der Waals surface area contributed by atoms with Gasteiger partial charge in [-0.3, -0.25) is 9.59 Å². The van der Waals surface area contributed by atoms with Gasteiger partial charge in [-0.25, -0.2) is 0 Å². The zero-order valence-electron chi connectivity index (χ0n) is 16.6. The normalized spacial score (nSPS) is 11.7. The van der Waals surface area contributed by atoms with E-state index in [0.29, 0.717) is 16.9 Å². The lowest BCUT2D eigenvalue weighted by Gasteiger charge is -2.18. The highest BCUT2D eigenvalue weighted by Crippen LogP contribution is 2.26. The standard InChI is InChI=1S/C23H23BrN2O3/c1-14-11-15(2)26-23(28)21(14)13-25-22(27)20-10-5-4-9-19(20)16(3)29-18-8-6-7-17(24)12-18/h4-12,16H,13H2,1-3H3,(H,25,27)(H,26,28). The predicted octanol–water partition coefficient (Wildman–Crippen LogP) is 4.82. The summed E-state index contributed by atoms with van der Waals surface area (Å²) in [6.07, 6.45) is -0.323. The molecule has 150 valence electrons. The molecule has 3 aromatic rings. The van der Waals surface area contributed by atoms with Gasteiger partial charge in [0, 0.05) is 33.4 Å². The first-order valence-corrected chi connectivity index (χ1v) is 10.1. The van der Waals surface area contributed by atoms with Crippen molar-refractivity contribution in [1.82, 2.24) is 10.3 Å². The predicted molar refractivity (Wildman–Crippen MR) is 117 cm³/mol. The fourth-order valence-corrected chi connectivity index (χ4v) is 3.61. The highest BCUT2D eigenvalue weighted by molar-refractivity contribution is 9.10. The second-order valence-electron chi connectivity index (χ2n) is 6.93. The summed E-state index contributed by atoms with van der Waals surface area (Å²) in [5.74, 6) is 0.466. The molecule has 0 bridgehead atoms. The van der Waals surface area contributed by atoms with Crippen LogP contribution in [0.2, 0.25) is 0 Å². The van der Waals surface area contributed by atoms with Gasteiger partial charge in [-0.05, 0) is 56.7 Å². The van der Waals surface area contributed by atoms with Crippen molar-refractivity contribution in [2.75, 3.05) is 0 Å². The molecule has 5 nitrogen and oxygen atoms in total. The maximum absolute atomic E-state index is 12.9. The fourth-order valence-electron chi connectivity index (χ4n) is 3.23. The summed E-state index contributed by atoms with van der Waals surface area (Å²) in [5, 5.41) is 2.86. The van der Waals surface area contributed by atoms with Crippen LogP contribution in [-0.2, 0) is 6.54 Å². The molecule has 0 aliphatic heterocycles. The van der Waals surface area contributed by atoms with Crippen molar-refractivity contribution >= 4 is 21.8 Å². The van der Waals surface area contributed by atoms with Gasteiger partial charge in [-0.1, -0.05) is 40.2 Å². The summed E-state index contributed by atoms with van der Waals surface area (Å²) in [7, 11) is 0. The van der Waals surface area contributed by atoms with E-state index in [2.05, 4.69) is 26.2 Å². The zero-order chi connectivity index (χ0) is 21.0. The minimum Gasteiger partial charge on any atom is -0.486 e. The zero-order valence-corrected chi connectivity index (χ0v) is 18.2. The van der Waals surface area contributed by atoms with Crippen molar-refractivity contribution in [3.8, 4) is 5.75 Å². The molecule has 0 saturated carbocycles. The molecule has 29 heavy (non-hydrogen) atoms. The average molecular weight is 455 g/mol. The van der Waals surface area contributed by atoms with E-state index in [0.717, 1.165) is 21.3 Å². The van der Waals surface area contributed by atoms with Crippen molar-refractivity contribution in [2.24, 2.45) is 0 Å². The maximum Gasteiger partial charge on any atom is 0.253 e. The van der Waals surface area contributed by atoms with E-state index in [4.69, 9.17) is 4.74 Å². The Balaban J connectivity index is 1.77. The monoisotopic (exact) mass is 454 g/mol. The van der Waals surface area contributed by atoms with Crippen LogP contribution in [0, 0.1) is 13.8 Å². The molecule has 0 radical (unpaired) electrons. The van der Waals surface area contributed by atoms with Crippen molar-refractivity contribution < 1.29 is 9.53 Å². The molecule has 3 rings (SSSR count). The van der Waals surface area contributed by atoms with E-state index in [1.54, 1.807) is 6.07 Å². The molecule has 0 fully saturated rings. The third-order valence-corrected chi connectivity index (χ3v) is 5.17. The van der Waals surface area contributed by atoms with E-state index in [-0.39, 0.29) is 24.1 Å². The van der Waals surface area contributed by atoms with Gasteiger partial charge in [-0.15, -0.1) is 0 Å². The summed E-state index contributed by atoms with van der Waals surface area (Å²) >= 11 is 3.43. The quantitative estimate of drug-likeness (QED) is 0.560. The molecular formula is C23H23BrN2O3. The van der Waals surface area contributed by atoms with Crippen LogP contribution in [0.15, 0.2) is 63.9 Å². The summed E-state index contributed by atoms with van der Waals surface area (Å²) in [5.41, 5.74) is 3.33. The Morgan fingerprint density at radius 3 is 2.62 bits per heavy atom. The van der Waals surface area contributed by atoms with Crippen LogP contribution in [-0.4, -0.2) is 10.9 Å². The third kappa shape index (κ3) is 5.15. The van der Waals surface area contributed by atoms with Gasteiger partial charge in [0.2, 0.25) is 0 Å². The van der Waals surface area contributed by atoms with E-state index in [1.807, 2.05) is 69.3 Å². The van der Waals surface area contributed by atoms with Crippen molar-refractivity contribution in [3.63, 3.8) is 0 Å². The number of pyridine rings is 1. The van der Waals surface area contributed by atoms with Crippen LogP contribution in [0.25, 0.3) is 0 Å². The van der Waals surface area contributed by atoms with Gasteiger partial charge in [0.15, 0.2) is 0 Å².